The van der Waals surface area contributed by atoms with E-state index in [1.165, 1.54) is 11.8 Å². The molecule has 2 N–H and O–H groups in total. The SMILES string of the molecule is COc1cccc(-c2cncc(CNCCC3CN(c4ccc5c(c4)NC(=O)CS5)C(=O)O3)c2)c1. The first kappa shape index (κ1) is 23.2. The Bertz CT molecular complexity index is 1250. The Kier molecular flexibility index (Phi) is 6.87. The van der Waals surface area contributed by atoms with Crippen molar-refractivity contribution in [3.8, 4) is 16.9 Å². The van der Waals surface area contributed by atoms with Crippen LogP contribution in [0.2, 0.25) is 0 Å². The smallest absolute Gasteiger partial charge is 0.414 e. The number of anilines is 2. The molecule has 0 aliphatic carbocycles. The summed E-state index contributed by atoms with van der Waals surface area (Å²) in [4.78, 5) is 31.2. The zero-order valence-corrected chi connectivity index (χ0v) is 20.1. The Morgan fingerprint density at radius 1 is 1.17 bits per heavy atom. The predicted octanol–water partition coefficient (Wildman–Crippen LogP) is 4.31. The van der Waals surface area contributed by atoms with Gasteiger partial charge in [-0.05, 0) is 60.5 Å². The van der Waals surface area contributed by atoms with Crippen LogP contribution in [0.5, 0.6) is 5.75 Å². The van der Waals surface area contributed by atoms with Gasteiger partial charge in [0.2, 0.25) is 5.91 Å². The number of carbonyl (C=O) groups excluding carboxylic acids is 2. The molecule has 1 fully saturated rings. The molecule has 0 saturated carbocycles. The summed E-state index contributed by atoms with van der Waals surface area (Å²) < 4.78 is 10.9. The van der Waals surface area contributed by atoms with Gasteiger partial charge in [-0.15, -0.1) is 11.8 Å². The lowest BCUT2D eigenvalue weighted by molar-refractivity contribution is -0.113. The quantitative estimate of drug-likeness (QED) is 0.455. The summed E-state index contributed by atoms with van der Waals surface area (Å²) in [5.74, 6) is 1.19. The molecular formula is C26H26N4O4S. The second-order valence-electron chi connectivity index (χ2n) is 8.41. The maximum Gasteiger partial charge on any atom is 0.414 e. The minimum atomic E-state index is -0.361. The molecule has 0 bridgehead atoms. The van der Waals surface area contributed by atoms with Crippen molar-refractivity contribution in [3.05, 3.63) is 66.5 Å². The van der Waals surface area contributed by atoms with Crippen molar-refractivity contribution in [2.75, 3.05) is 36.2 Å². The number of aromatic nitrogens is 1. The van der Waals surface area contributed by atoms with E-state index in [0.717, 1.165) is 38.7 Å². The lowest BCUT2D eigenvalue weighted by Crippen LogP contribution is -2.26. The molecule has 2 aromatic carbocycles. The van der Waals surface area contributed by atoms with E-state index in [9.17, 15) is 9.59 Å². The molecule has 1 saturated heterocycles. The summed E-state index contributed by atoms with van der Waals surface area (Å²) in [6.07, 6.45) is 3.83. The Balaban J connectivity index is 1.13. The first-order valence-electron chi connectivity index (χ1n) is 11.4. The lowest BCUT2D eigenvalue weighted by atomic mass is 10.1. The number of pyridine rings is 1. The normalized spacial score (nSPS) is 17.1. The molecule has 3 heterocycles. The maximum atomic E-state index is 12.5. The molecule has 1 unspecified atom stereocenters. The fraction of sp³-hybridized carbons (Fsp3) is 0.269. The van der Waals surface area contributed by atoms with Crippen LogP contribution in [0.4, 0.5) is 16.2 Å². The standard InChI is InChI=1S/C26H26N4O4S/c1-33-21-4-2-3-18(10-21)19-9-17(13-28-14-19)12-27-8-7-22-15-30(26(32)34-22)20-5-6-24-23(11-20)29-25(31)16-35-24/h2-6,9-11,13-14,22,27H,7-8,12,15-16H2,1H3,(H,29,31). The lowest BCUT2D eigenvalue weighted by Gasteiger charge is -2.20. The number of thioether (sulfide) groups is 1. The summed E-state index contributed by atoms with van der Waals surface area (Å²) in [5, 5.41) is 6.29. The number of amides is 2. The average Bonchev–Trinajstić information content (AvgIpc) is 3.26. The number of cyclic esters (lactones) is 1. The highest BCUT2D eigenvalue weighted by atomic mass is 32.2. The number of fused-ring (bicyclic) bond motifs is 1. The third kappa shape index (κ3) is 5.41. The van der Waals surface area contributed by atoms with E-state index in [1.54, 1.807) is 12.0 Å². The minimum Gasteiger partial charge on any atom is -0.497 e. The molecule has 9 heteroatoms. The number of methoxy groups -OCH3 is 1. The molecule has 1 aromatic heterocycles. The van der Waals surface area contributed by atoms with Crippen LogP contribution >= 0.6 is 11.8 Å². The summed E-state index contributed by atoms with van der Waals surface area (Å²) in [7, 11) is 1.66. The highest BCUT2D eigenvalue weighted by Gasteiger charge is 2.32. The maximum absolute atomic E-state index is 12.5. The first-order chi connectivity index (χ1) is 17.1. The fourth-order valence-electron chi connectivity index (χ4n) is 4.16. The largest absolute Gasteiger partial charge is 0.497 e. The monoisotopic (exact) mass is 490 g/mol. The van der Waals surface area contributed by atoms with E-state index in [0.29, 0.717) is 31.8 Å². The molecule has 3 aromatic rings. The summed E-state index contributed by atoms with van der Waals surface area (Å²) in [6.45, 7) is 1.84. The van der Waals surface area contributed by atoms with Crippen molar-refractivity contribution in [2.24, 2.45) is 0 Å². The van der Waals surface area contributed by atoms with Crippen molar-refractivity contribution in [3.63, 3.8) is 0 Å². The van der Waals surface area contributed by atoms with E-state index in [1.807, 2.05) is 54.9 Å². The van der Waals surface area contributed by atoms with Crippen molar-refractivity contribution in [2.45, 2.75) is 24.0 Å². The molecule has 180 valence electrons. The van der Waals surface area contributed by atoms with Gasteiger partial charge >= 0.3 is 6.09 Å². The van der Waals surface area contributed by atoms with Crippen LogP contribution in [0.25, 0.3) is 11.1 Å². The number of carbonyl (C=O) groups is 2. The van der Waals surface area contributed by atoms with Gasteiger partial charge in [-0.3, -0.25) is 14.7 Å². The fourth-order valence-corrected chi connectivity index (χ4v) is 4.95. The van der Waals surface area contributed by atoms with Gasteiger partial charge in [0.1, 0.15) is 11.9 Å². The molecule has 2 aliphatic heterocycles. The number of hydrogen-bond donors (Lipinski definition) is 2. The van der Waals surface area contributed by atoms with Gasteiger partial charge in [0.15, 0.2) is 0 Å². The average molecular weight is 491 g/mol. The van der Waals surface area contributed by atoms with E-state index in [2.05, 4.69) is 21.7 Å². The van der Waals surface area contributed by atoms with Gasteiger partial charge in [-0.1, -0.05) is 12.1 Å². The van der Waals surface area contributed by atoms with E-state index >= 15 is 0 Å². The van der Waals surface area contributed by atoms with Crippen LogP contribution in [0.15, 0.2) is 65.8 Å². The predicted molar refractivity (Wildman–Crippen MR) is 136 cm³/mol. The molecule has 0 radical (unpaired) electrons. The zero-order valence-electron chi connectivity index (χ0n) is 19.3. The number of benzene rings is 2. The van der Waals surface area contributed by atoms with Gasteiger partial charge in [-0.25, -0.2) is 4.79 Å². The van der Waals surface area contributed by atoms with Crippen LogP contribution in [0.1, 0.15) is 12.0 Å². The van der Waals surface area contributed by atoms with Crippen LogP contribution in [-0.4, -0.2) is 49.0 Å². The topological polar surface area (TPSA) is 92.8 Å². The molecule has 35 heavy (non-hydrogen) atoms. The Morgan fingerprint density at radius 3 is 2.97 bits per heavy atom. The highest BCUT2D eigenvalue weighted by Crippen LogP contribution is 2.35. The first-order valence-corrected chi connectivity index (χ1v) is 12.4. The Hall–Kier alpha value is -3.56. The summed E-state index contributed by atoms with van der Waals surface area (Å²) in [6, 6.07) is 15.7. The Labute approximate surface area is 208 Å². The molecule has 1 atom stereocenters. The van der Waals surface area contributed by atoms with Crippen LogP contribution < -0.4 is 20.3 Å². The summed E-state index contributed by atoms with van der Waals surface area (Å²) in [5.41, 5.74) is 4.63. The van der Waals surface area contributed by atoms with Gasteiger partial charge < -0.3 is 20.1 Å². The van der Waals surface area contributed by atoms with Gasteiger partial charge in [0.05, 0.1) is 25.1 Å². The molecule has 5 rings (SSSR count). The van der Waals surface area contributed by atoms with E-state index in [-0.39, 0.29) is 18.1 Å². The van der Waals surface area contributed by atoms with Crippen molar-refractivity contribution < 1.29 is 19.1 Å². The van der Waals surface area contributed by atoms with Crippen molar-refractivity contribution in [1.29, 1.82) is 0 Å². The van der Waals surface area contributed by atoms with E-state index < -0.39 is 0 Å². The van der Waals surface area contributed by atoms with Crippen LogP contribution in [-0.2, 0) is 16.1 Å². The van der Waals surface area contributed by atoms with E-state index in [4.69, 9.17) is 9.47 Å². The number of hydrogen-bond acceptors (Lipinski definition) is 7. The molecule has 2 amide bonds. The minimum absolute atomic E-state index is 0.0307. The zero-order chi connectivity index (χ0) is 24.2. The van der Waals surface area contributed by atoms with Gasteiger partial charge in [0.25, 0.3) is 0 Å². The number of ether oxygens (including phenoxy) is 2. The summed E-state index contributed by atoms with van der Waals surface area (Å²) >= 11 is 1.50. The molecule has 2 aliphatic rings. The van der Waals surface area contributed by atoms with Crippen LogP contribution in [0, 0.1) is 0 Å². The third-order valence-electron chi connectivity index (χ3n) is 5.95. The number of rotatable bonds is 8. The van der Waals surface area contributed by atoms with Gasteiger partial charge in [0, 0.05) is 35.1 Å². The molecular weight excluding hydrogens is 464 g/mol. The number of nitrogens with one attached hydrogen (secondary N) is 2. The van der Waals surface area contributed by atoms with Gasteiger partial charge in [-0.2, -0.15) is 0 Å². The molecule has 8 nitrogen and oxygen atoms in total. The second-order valence-corrected chi connectivity index (χ2v) is 9.43. The second kappa shape index (κ2) is 10.4. The van der Waals surface area contributed by atoms with Crippen molar-refractivity contribution >= 4 is 35.1 Å². The van der Waals surface area contributed by atoms with Crippen LogP contribution in [0.3, 0.4) is 0 Å². The van der Waals surface area contributed by atoms with Crippen molar-refractivity contribution in [1.82, 2.24) is 10.3 Å². The third-order valence-corrected chi connectivity index (χ3v) is 7.03. The Morgan fingerprint density at radius 2 is 2.09 bits per heavy atom. The highest BCUT2D eigenvalue weighted by molar-refractivity contribution is 8.00. The number of nitrogens with zero attached hydrogens (tertiary/aromatic N) is 2. The molecule has 0 spiro atoms.